The van der Waals surface area contributed by atoms with Crippen LogP contribution in [0, 0.1) is 0 Å². The quantitative estimate of drug-likeness (QED) is 0.692. The summed E-state index contributed by atoms with van der Waals surface area (Å²) < 4.78 is 38.3. The van der Waals surface area contributed by atoms with Gasteiger partial charge in [0.2, 0.25) is 0 Å². The summed E-state index contributed by atoms with van der Waals surface area (Å²) in [6, 6.07) is 0. The van der Waals surface area contributed by atoms with Gasteiger partial charge in [-0.2, -0.15) is 0 Å². The molecule has 0 aromatic heterocycles. The van der Waals surface area contributed by atoms with Crippen LogP contribution in [-0.4, -0.2) is 55.5 Å². The van der Waals surface area contributed by atoms with E-state index in [4.69, 9.17) is 28.4 Å². The molecule has 0 bridgehead atoms. The van der Waals surface area contributed by atoms with Crippen LogP contribution in [0.15, 0.2) is 0 Å². The summed E-state index contributed by atoms with van der Waals surface area (Å²) in [6.07, 6.45) is 11.0. The molecule has 2 spiro atoms. The Labute approximate surface area is 162 Å². The minimum absolute atomic E-state index is 0.127. The van der Waals surface area contributed by atoms with Gasteiger partial charge in [0.15, 0.2) is 17.9 Å². The van der Waals surface area contributed by atoms with Gasteiger partial charge in [-0.05, 0) is 32.1 Å². The number of hydrogen-bond acceptors (Lipinski definition) is 6. The fourth-order valence-electron chi connectivity index (χ4n) is 5.52. The number of hydrogen-bond donors (Lipinski definition) is 0. The summed E-state index contributed by atoms with van der Waals surface area (Å²) in [5.41, 5.74) is 0. The summed E-state index contributed by atoms with van der Waals surface area (Å²) >= 11 is 0. The van der Waals surface area contributed by atoms with Crippen molar-refractivity contribution in [3.8, 4) is 0 Å². The molecule has 5 rings (SSSR count). The van der Waals surface area contributed by atoms with Gasteiger partial charge in [0.25, 0.3) is 0 Å². The van der Waals surface area contributed by atoms with E-state index in [1.54, 1.807) is 0 Å². The van der Waals surface area contributed by atoms with Crippen molar-refractivity contribution in [2.75, 3.05) is 13.2 Å². The first-order valence-corrected chi connectivity index (χ1v) is 11.2. The van der Waals surface area contributed by atoms with Crippen LogP contribution in [0.5, 0.6) is 0 Å². The Balaban J connectivity index is 1.36. The number of ether oxygens (including phenoxy) is 6. The Morgan fingerprint density at radius 1 is 0.741 bits per heavy atom. The molecule has 2 saturated carbocycles. The summed E-state index contributed by atoms with van der Waals surface area (Å²) in [6.45, 7) is 3.38. The van der Waals surface area contributed by atoms with E-state index in [-0.39, 0.29) is 30.7 Å². The van der Waals surface area contributed by atoms with Crippen molar-refractivity contribution in [3.05, 3.63) is 0 Å². The molecule has 3 aliphatic heterocycles. The van der Waals surface area contributed by atoms with E-state index in [2.05, 4.69) is 6.92 Å². The lowest BCUT2D eigenvalue weighted by Gasteiger charge is -2.37. The molecular weight excluding hydrogens is 348 g/mol. The van der Waals surface area contributed by atoms with E-state index in [1.165, 1.54) is 12.8 Å². The van der Waals surface area contributed by atoms with Crippen LogP contribution in [0.2, 0.25) is 0 Å². The van der Waals surface area contributed by atoms with E-state index in [9.17, 15) is 0 Å². The minimum atomic E-state index is -0.483. The molecule has 0 aromatic carbocycles. The Bertz CT molecular complexity index is 513. The van der Waals surface area contributed by atoms with E-state index >= 15 is 0 Å². The lowest BCUT2D eigenvalue weighted by molar-refractivity contribution is -0.256. The van der Waals surface area contributed by atoms with Crippen molar-refractivity contribution in [3.63, 3.8) is 0 Å². The molecule has 0 amide bonds. The third kappa shape index (κ3) is 3.47. The lowest BCUT2D eigenvalue weighted by Crippen LogP contribution is -2.56. The molecule has 3 heterocycles. The van der Waals surface area contributed by atoms with Gasteiger partial charge >= 0.3 is 0 Å². The maximum atomic E-state index is 6.62. The van der Waals surface area contributed by atoms with Crippen LogP contribution in [0.25, 0.3) is 0 Å². The molecule has 154 valence electrons. The second-order valence-electron chi connectivity index (χ2n) is 8.93. The fourth-order valence-corrected chi connectivity index (χ4v) is 5.52. The SMILES string of the molecule is CCCOC[C@@H]1O[C@@H]2OC3(CCCCC3)O[C@@H]2[C@@H]2OC3(CCCCC3)O[C@@H]21. The average Bonchev–Trinajstić information content (AvgIpc) is 3.21. The zero-order chi connectivity index (χ0) is 18.3. The zero-order valence-electron chi connectivity index (χ0n) is 16.5. The van der Waals surface area contributed by atoms with Crippen LogP contribution in [0.3, 0.4) is 0 Å². The highest BCUT2D eigenvalue weighted by Gasteiger charge is 2.63. The smallest absolute Gasteiger partial charge is 0.190 e. The Hall–Kier alpha value is -0.240. The second kappa shape index (κ2) is 7.54. The molecule has 3 saturated heterocycles. The average molecular weight is 382 g/mol. The highest BCUT2D eigenvalue weighted by atomic mass is 16.9. The monoisotopic (exact) mass is 382 g/mol. The standard InChI is InChI=1S/C21H34O6/c1-2-13-22-14-15-16-17(25-20(24-16)9-5-3-6-10-20)18-19(23-15)27-21(26-18)11-7-4-8-12-21/h15-19H,2-14H2,1H3/t15-,16+,17+,18+,19+/m0/s1. The van der Waals surface area contributed by atoms with Gasteiger partial charge in [0.1, 0.15) is 24.4 Å². The Kier molecular flexibility index (Phi) is 5.24. The van der Waals surface area contributed by atoms with Crippen LogP contribution < -0.4 is 0 Å². The molecular formula is C21H34O6. The number of fused-ring (bicyclic) bond motifs is 3. The lowest BCUT2D eigenvalue weighted by atomic mass is 9.94. The Morgan fingerprint density at radius 3 is 2.00 bits per heavy atom. The maximum absolute atomic E-state index is 6.62. The molecule has 0 N–H and O–H groups in total. The topological polar surface area (TPSA) is 55.4 Å². The van der Waals surface area contributed by atoms with Crippen molar-refractivity contribution in [1.29, 1.82) is 0 Å². The zero-order valence-corrected chi connectivity index (χ0v) is 16.5. The van der Waals surface area contributed by atoms with Crippen molar-refractivity contribution < 1.29 is 28.4 Å². The Morgan fingerprint density at radius 2 is 1.33 bits per heavy atom. The summed E-state index contributed by atoms with van der Waals surface area (Å²) in [4.78, 5) is 0. The van der Waals surface area contributed by atoms with E-state index in [0.29, 0.717) is 6.61 Å². The molecule has 0 radical (unpaired) electrons. The van der Waals surface area contributed by atoms with Gasteiger partial charge in [-0.1, -0.05) is 19.8 Å². The van der Waals surface area contributed by atoms with Crippen LogP contribution in [0.4, 0.5) is 0 Å². The maximum Gasteiger partial charge on any atom is 0.190 e. The van der Waals surface area contributed by atoms with Crippen molar-refractivity contribution in [2.24, 2.45) is 0 Å². The normalized spacial score (nSPS) is 42.3. The van der Waals surface area contributed by atoms with Crippen molar-refractivity contribution in [1.82, 2.24) is 0 Å². The van der Waals surface area contributed by atoms with E-state index < -0.39 is 11.6 Å². The van der Waals surface area contributed by atoms with Gasteiger partial charge in [0.05, 0.1) is 6.61 Å². The molecule has 0 unspecified atom stereocenters. The minimum Gasteiger partial charge on any atom is -0.379 e. The van der Waals surface area contributed by atoms with Gasteiger partial charge in [-0.25, -0.2) is 0 Å². The molecule has 5 aliphatic rings. The molecule has 0 aromatic rings. The highest BCUT2D eigenvalue weighted by Crippen LogP contribution is 2.50. The van der Waals surface area contributed by atoms with Gasteiger partial charge in [-0.15, -0.1) is 0 Å². The van der Waals surface area contributed by atoms with Crippen LogP contribution >= 0.6 is 0 Å². The van der Waals surface area contributed by atoms with Crippen molar-refractivity contribution >= 4 is 0 Å². The van der Waals surface area contributed by atoms with E-state index in [0.717, 1.165) is 64.4 Å². The first-order chi connectivity index (χ1) is 13.2. The molecule has 6 nitrogen and oxygen atoms in total. The predicted molar refractivity (Wildman–Crippen MR) is 97.1 cm³/mol. The molecule has 5 atom stereocenters. The first kappa shape index (κ1) is 18.8. The van der Waals surface area contributed by atoms with Crippen LogP contribution in [-0.2, 0) is 28.4 Å². The molecule has 27 heavy (non-hydrogen) atoms. The largest absolute Gasteiger partial charge is 0.379 e. The summed E-state index contributed by atoms with van der Waals surface area (Å²) in [7, 11) is 0. The first-order valence-electron chi connectivity index (χ1n) is 11.2. The molecule has 5 fully saturated rings. The highest BCUT2D eigenvalue weighted by molar-refractivity contribution is 5.03. The molecule has 2 aliphatic carbocycles. The predicted octanol–water partition coefficient (Wildman–Crippen LogP) is 3.66. The van der Waals surface area contributed by atoms with Crippen molar-refractivity contribution in [2.45, 2.75) is 120 Å². The summed E-state index contributed by atoms with van der Waals surface area (Å²) in [5.74, 6) is -0.941. The van der Waals surface area contributed by atoms with E-state index in [1.807, 2.05) is 0 Å². The molecule has 6 heteroatoms. The third-order valence-corrected chi connectivity index (χ3v) is 6.84. The second-order valence-corrected chi connectivity index (χ2v) is 8.93. The summed E-state index contributed by atoms with van der Waals surface area (Å²) in [5, 5.41) is 0. The third-order valence-electron chi connectivity index (χ3n) is 6.84. The fraction of sp³-hybridized carbons (Fsp3) is 1.00. The number of rotatable bonds is 4. The van der Waals surface area contributed by atoms with Crippen LogP contribution in [0.1, 0.15) is 77.6 Å². The van der Waals surface area contributed by atoms with Gasteiger partial charge < -0.3 is 28.4 Å². The van der Waals surface area contributed by atoms with Gasteiger partial charge in [0, 0.05) is 32.3 Å². The van der Waals surface area contributed by atoms with Gasteiger partial charge in [-0.3, -0.25) is 0 Å².